The predicted molar refractivity (Wildman–Crippen MR) is 84.7 cm³/mol. The van der Waals surface area contributed by atoms with Gasteiger partial charge >= 0.3 is 0 Å². The molecule has 0 saturated carbocycles. The van der Waals surface area contributed by atoms with Crippen molar-refractivity contribution in [1.29, 1.82) is 0 Å². The minimum absolute atomic E-state index is 0.126. The summed E-state index contributed by atoms with van der Waals surface area (Å²) in [5.74, 6) is 0. The average Bonchev–Trinajstić information content (AvgIpc) is 2.48. The summed E-state index contributed by atoms with van der Waals surface area (Å²) >= 11 is 5.87. The zero-order valence-corrected chi connectivity index (χ0v) is 12.5. The summed E-state index contributed by atoms with van der Waals surface area (Å²) in [5.41, 5.74) is 2.39. The van der Waals surface area contributed by atoms with E-state index in [1.165, 1.54) is 17.7 Å². The van der Waals surface area contributed by atoms with Crippen LogP contribution in [0.5, 0.6) is 0 Å². The van der Waals surface area contributed by atoms with Gasteiger partial charge < -0.3 is 5.32 Å². The van der Waals surface area contributed by atoms with Crippen LogP contribution in [0, 0.1) is 10.1 Å². The van der Waals surface area contributed by atoms with Gasteiger partial charge in [-0.25, -0.2) is 0 Å². The first kappa shape index (κ1) is 15.5. The van der Waals surface area contributed by atoms with Gasteiger partial charge in [0.1, 0.15) is 0 Å². The lowest BCUT2D eigenvalue weighted by Gasteiger charge is -2.14. The summed E-state index contributed by atoms with van der Waals surface area (Å²) in [6.45, 7) is 2.90. The van der Waals surface area contributed by atoms with Gasteiger partial charge in [-0.1, -0.05) is 35.9 Å². The molecule has 1 N–H and O–H groups in total. The van der Waals surface area contributed by atoms with E-state index in [9.17, 15) is 10.1 Å². The van der Waals surface area contributed by atoms with Gasteiger partial charge in [-0.3, -0.25) is 10.1 Å². The standard InChI is InChI=1S/C16H17ClN2O2/c1-12(14-4-6-15(17)7-5-14)18-11-10-13-2-8-16(9-3-13)19(20)21/h2-9,12,18H,10-11H2,1H3/t12-/m0/s1. The topological polar surface area (TPSA) is 55.2 Å². The number of hydrogen-bond acceptors (Lipinski definition) is 3. The van der Waals surface area contributed by atoms with Crippen molar-refractivity contribution in [3.63, 3.8) is 0 Å². The minimum atomic E-state index is -0.384. The van der Waals surface area contributed by atoms with Crippen molar-refractivity contribution in [2.75, 3.05) is 6.54 Å². The summed E-state index contributed by atoms with van der Waals surface area (Å²) in [7, 11) is 0. The molecule has 0 aliphatic heterocycles. The van der Waals surface area contributed by atoms with Crippen molar-refractivity contribution in [1.82, 2.24) is 5.32 Å². The van der Waals surface area contributed by atoms with Crippen molar-refractivity contribution in [3.8, 4) is 0 Å². The molecule has 0 unspecified atom stereocenters. The fraction of sp³-hybridized carbons (Fsp3) is 0.250. The molecule has 0 bridgehead atoms. The van der Waals surface area contributed by atoms with Crippen LogP contribution in [0.1, 0.15) is 24.1 Å². The van der Waals surface area contributed by atoms with Crippen LogP contribution in [0.3, 0.4) is 0 Å². The van der Waals surface area contributed by atoms with Crippen LogP contribution in [0.25, 0.3) is 0 Å². The number of hydrogen-bond donors (Lipinski definition) is 1. The number of nitro groups is 1. The Morgan fingerprint density at radius 1 is 1.14 bits per heavy atom. The summed E-state index contributed by atoms with van der Waals surface area (Å²) < 4.78 is 0. The first-order valence-corrected chi connectivity index (χ1v) is 7.16. The number of nitrogens with zero attached hydrogens (tertiary/aromatic N) is 1. The first-order valence-electron chi connectivity index (χ1n) is 6.78. The third kappa shape index (κ3) is 4.55. The van der Waals surface area contributed by atoms with Gasteiger partial charge in [0.15, 0.2) is 0 Å². The van der Waals surface area contributed by atoms with E-state index in [2.05, 4.69) is 12.2 Å². The highest BCUT2D eigenvalue weighted by Gasteiger charge is 2.06. The summed E-state index contributed by atoms with van der Waals surface area (Å²) in [4.78, 5) is 10.2. The maximum Gasteiger partial charge on any atom is 0.269 e. The number of nitrogens with one attached hydrogen (secondary N) is 1. The Labute approximate surface area is 128 Å². The molecule has 4 nitrogen and oxygen atoms in total. The molecule has 0 aliphatic rings. The van der Waals surface area contributed by atoms with Gasteiger partial charge in [0.05, 0.1) is 4.92 Å². The number of non-ortho nitro benzene ring substituents is 1. The van der Waals surface area contributed by atoms with Crippen LogP contribution in [0.4, 0.5) is 5.69 Å². The monoisotopic (exact) mass is 304 g/mol. The second kappa shape index (κ2) is 7.20. The van der Waals surface area contributed by atoms with Crippen molar-refractivity contribution in [2.45, 2.75) is 19.4 Å². The van der Waals surface area contributed by atoms with Crippen LogP contribution in [-0.2, 0) is 6.42 Å². The van der Waals surface area contributed by atoms with Gasteiger partial charge in [0, 0.05) is 23.2 Å². The molecule has 0 aliphatic carbocycles. The van der Waals surface area contributed by atoms with E-state index < -0.39 is 0 Å². The Morgan fingerprint density at radius 3 is 2.33 bits per heavy atom. The van der Waals surface area contributed by atoms with Crippen LogP contribution in [0.15, 0.2) is 48.5 Å². The van der Waals surface area contributed by atoms with Crippen molar-refractivity contribution < 1.29 is 4.92 Å². The number of nitro benzene ring substituents is 1. The molecule has 1 atom stereocenters. The van der Waals surface area contributed by atoms with Crippen LogP contribution < -0.4 is 5.32 Å². The van der Waals surface area contributed by atoms with E-state index in [4.69, 9.17) is 11.6 Å². The molecule has 0 aromatic heterocycles. The lowest BCUT2D eigenvalue weighted by atomic mass is 10.1. The zero-order chi connectivity index (χ0) is 15.2. The van der Waals surface area contributed by atoms with E-state index in [0.29, 0.717) is 0 Å². The Kier molecular flexibility index (Phi) is 5.31. The molecule has 0 amide bonds. The number of rotatable bonds is 6. The molecular weight excluding hydrogens is 288 g/mol. The quantitative estimate of drug-likeness (QED) is 0.644. The fourth-order valence-electron chi connectivity index (χ4n) is 2.09. The molecule has 0 radical (unpaired) electrons. The predicted octanol–water partition coefficient (Wildman–Crippen LogP) is 4.14. The van der Waals surface area contributed by atoms with E-state index in [1.807, 2.05) is 24.3 Å². The van der Waals surface area contributed by atoms with Crippen molar-refractivity contribution >= 4 is 17.3 Å². The summed E-state index contributed by atoms with van der Waals surface area (Å²) in [5, 5.41) is 14.7. The minimum Gasteiger partial charge on any atom is -0.310 e. The van der Waals surface area contributed by atoms with Gasteiger partial charge in [0.25, 0.3) is 5.69 Å². The number of benzene rings is 2. The molecule has 0 heterocycles. The second-order valence-electron chi connectivity index (χ2n) is 4.90. The van der Waals surface area contributed by atoms with E-state index >= 15 is 0 Å². The highest BCUT2D eigenvalue weighted by Crippen LogP contribution is 2.16. The molecule has 0 saturated heterocycles. The first-order chi connectivity index (χ1) is 10.1. The van der Waals surface area contributed by atoms with Gasteiger partial charge in [-0.05, 0) is 43.1 Å². The molecule has 2 aromatic carbocycles. The Hall–Kier alpha value is -1.91. The smallest absolute Gasteiger partial charge is 0.269 e. The fourth-order valence-corrected chi connectivity index (χ4v) is 2.21. The molecule has 21 heavy (non-hydrogen) atoms. The van der Waals surface area contributed by atoms with Crippen LogP contribution in [0.2, 0.25) is 5.02 Å². The van der Waals surface area contributed by atoms with E-state index in [0.717, 1.165) is 23.6 Å². The molecule has 2 rings (SSSR count). The van der Waals surface area contributed by atoms with Gasteiger partial charge in [-0.2, -0.15) is 0 Å². The van der Waals surface area contributed by atoms with Gasteiger partial charge in [0.2, 0.25) is 0 Å². The van der Waals surface area contributed by atoms with Crippen LogP contribution in [-0.4, -0.2) is 11.5 Å². The Morgan fingerprint density at radius 2 is 1.76 bits per heavy atom. The Balaban J connectivity index is 1.83. The summed E-state index contributed by atoms with van der Waals surface area (Å²) in [6.07, 6.45) is 0.829. The largest absolute Gasteiger partial charge is 0.310 e. The van der Waals surface area contributed by atoms with E-state index in [1.54, 1.807) is 12.1 Å². The third-order valence-electron chi connectivity index (χ3n) is 3.38. The van der Waals surface area contributed by atoms with Crippen molar-refractivity contribution in [3.05, 3.63) is 74.8 Å². The highest BCUT2D eigenvalue weighted by atomic mass is 35.5. The molecule has 2 aromatic rings. The number of halogens is 1. The molecule has 0 spiro atoms. The highest BCUT2D eigenvalue weighted by molar-refractivity contribution is 6.30. The van der Waals surface area contributed by atoms with Gasteiger partial charge in [-0.15, -0.1) is 0 Å². The SMILES string of the molecule is C[C@H](NCCc1ccc([N+](=O)[O-])cc1)c1ccc(Cl)cc1. The molecule has 5 heteroatoms. The lowest BCUT2D eigenvalue weighted by Crippen LogP contribution is -2.21. The molecular formula is C16H17ClN2O2. The Bertz CT molecular complexity index is 597. The zero-order valence-electron chi connectivity index (χ0n) is 11.8. The second-order valence-corrected chi connectivity index (χ2v) is 5.34. The van der Waals surface area contributed by atoms with E-state index in [-0.39, 0.29) is 16.7 Å². The molecule has 0 fully saturated rings. The normalized spacial score (nSPS) is 12.1. The maximum absolute atomic E-state index is 10.6. The maximum atomic E-state index is 10.6. The molecule has 110 valence electrons. The van der Waals surface area contributed by atoms with Crippen LogP contribution >= 0.6 is 11.6 Å². The lowest BCUT2D eigenvalue weighted by molar-refractivity contribution is -0.384. The van der Waals surface area contributed by atoms with Crippen molar-refractivity contribution in [2.24, 2.45) is 0 Å². The summed E-state index contributed by atoms with van der Waals surface area (Å²) in [6, 6.07) is 14.7. The third-order valence-corrected chi connectivity index (χ3v) is 3.63. The average molecular weight is 305 g/mol.